The van der Waals surface area contributed by atoms with Gasteiger partial charge in [0.1, 0.15) is 0 Å². The first-order valence-corrected chi connectivity index (χ1v) is 8.06. The van der Waals surface area contributed by atoms with Gasteiger partial charge in [0.15, 0.2) is 5.82 Å². The third-order valence-corrected chi connectivity index (χ3v) is 6.05. The van der Waals surface area contributed by atoms with Gasteiger partial charge in [-0.3, -0.25) is 0 Å². The molecule has 21 heavy (non-hydrogen) atoms. The molecule has 3 atom stereocenters. The zero-order chi connectivity index (χ0) is 14.9. The maximum atomic E-state index is 9.17. The number of rotatable bonds is 3. The largest absolute Gasteiger partial charge is 0.394 e. The molecule has 1 aromatic heterocycles. The van der Waals surface area contributed by atoms with Gasteiger partial charge in [-0.25, -0.2) is 0 Å². The number of aliphatic hydroxyl groups excluding tert-OH is 1. The van der Waals surface area contributed by atoms with Crippen LogP contribution in [0.4, 0.5) is 0 Å². The molecule has 5 nitrogen and oxygen atoms in total. The average Bonchev–Trinajstić information content (AvgIpc) is 2.83. The van der Waals surface area contributed by atoms with Crippen molar-refractivity contribution in [3.05, 3.63) is 11.7 Å². The zero-order valence-corrected chi connectivity index (χ0v) is 12.9. The van der Waals surface area contributed by atoms with Gasteiger partial charge in [0.25, 0.3) is 0 Å². The van der Waals surface area contributed by atoms with Crippen molar-refractivity contribution < 1.29 is 9.63 Å². The van der Waals surface area contributed by atoms with Crippen LogP contribution in [-0.2, 0) is 5.41 Å². The Kier molecular flexibility index (Phi) is 2.66. The third-order valence-electron chi connectivity index (χ3n) is 6.05. The van der Waals surface area contributed by atoms with Gasteiger partial charge >= 0.3 is 0 Å². The fraction of sp³-hybridized carbons (Fsp3) is 0.875. The van der Waals surface area contributed by atoms with Gasteiger partial charge < -0.3 is 15.4 Å². The molecule has 5 heteroatoms. The molecule has 4 saturated carbocycles. The first-order valence-electron chi connectivity index (χ1n) is 8.06. The molecule has 1 aromatic rings. The summed E-state index contributed by atoms with van der Waals surface area (Å²) in [5.74, 6) is 2.00. The predicted octanol–water partition coefficient (Wildman–Crippen LogP) is 2.31. The molecule has 0 saturated heterocycles. The van der Waals surface area contributed by atoms with E-state index in [0.717, 1.165) is 24.7 Å². The Morgan fingerprint density at radius 2 is 1.90 bits per heavy atom. The van der Waals surface area contributed by atoms with E-state index in [1.807, 2.05) is 0 Å². The summed E-state index contributed by atoms with van der Waals surface area (Å²) in [4.78, 5) is 4.57. The van der Waals surface area contributed by atoms with Crippen LogP contribution in [0.2, 0.25) is 0 Å². The Morgan fingerprint density at radius 1 is 1.24 bits per heavy atom. The highest BCUT2D eigenvalue weighted by Gasteiger charge is 2.62. The highest BCUT2D eigenvalue weighted by Crippen LogP contribution is 2.69. The van der Waals surface area contributed by atoms with Crippen molar-refractivity contribution in [1.29, 1.82) is 0 Å². The molecule has 0 amide bonds. The summed E-state index contributed by atoms with van der Waals surface area (Å²) in [6.45, 7) is 4.71. The molecule has 4 bridgehead atoms. The van der Waals surface area contributed by atoms with E-state index in [2.05, 4.69) is 24.0 Å². The molecule has 3 unspecified atom stereocenters. The lowest BCUT2D eigenvalue weighted by Crippen LogP contribution is -2.57. The summed E-state index contributed by atoms with van der Waals surface area (Å²) in [7, 11) is 0. The fourth-order valence-corrected chi connectivity index (χ4v) is 6.37. The lowest BCUT2D eigenvalue weighted by Gasteiger charge is -2.64. The van der Waals surface area contributed by atoms with Gasteiger partial charge in [0.2, 0.25) is 5.89 Å². The van der Waals surface area contributed by atoms with Crippen molar-refractivity contribution in [1.82, 2.24) is 10.1 Å². The SMILES string of the molecule is CC12CC3CC(C)(C1)CC(c1nc(C(N)CO)no1)(C3)C2. The van der Waals surface area contributed by atoms with Crippen LogP contribution in [-0.4, -0.2) is 21.9 Å². The van der Waals surface area contributed by atoms with Crippen LogP contribution in [0.1, 0.15) is 70.1 Å². The van der Waals surface area contributed by atoms with Gasteiger partial charge in [0.05, 0.1) is 18.1 Å². The maximum absolute atomic E-state index is 9.17. The van der Waals surface area contributed by atoms with E-state index in [1.54, 1.807) is 0 Å². The number of hydrogen-bond donors (Lipinski definition) is 2. The molecule has 0 aliphatic heterocycles. The van der Waals surface area contributed by atoms with E-state index < -0.39 is 6.04 Å². The average molecular weight is 291 g/mol. The molecule has 0 aromatic carbocycles. The molecule has 1 heterocycles. The minimum absolute atomic E-state index is 0.0450. The van der Waals surface area contributed by atoms with Crippen LogP contribution in [0.3, 0.4) is 0 Å². The van der Waals surface area contributed by atoms with Crippen LogP contribution in [0.15, 0.2) is 4.52 Å². The lowest BCUT2D eigenvalue weighted by molar-refractivity contribution is -0.118. The Morgan fingerprint density at radius 3 is 2.48 bits per heavy atom. The van der Waals surface area contributed by atoms with Gasteiger partial charge in [0, 0.05) is 0 Å². The number of nitrogens with two attached hydrogens (primary N) is 1. The Hall–Kier alpha value is -0.940. The van der Waals surface area contributed by atoms with Crippen molar-refractivity contribution in [2.24, 2.45) is 22.5 Å². The van der Waals surface area contributed by atoms with Crippen LogP contribution in [0.5, 0.6) is 0 Å². The summed E-state index contributed by atoms with van der Waals surface area (Å²) >= 11 is 0. The van der Waals surface area contributed by atoms with Crippen LogP contribution in [0.25, 0.3) is 0 Å². The smallest absolute Gasteiger partial charge is 0.232 e. The zero-order valence-electron chi connectivity index (χ0n) is 12.9. The van der Waals surface area contributed by atoms with E-state index >= 15 is 0 Å². The van der Waals surface area contributed by atoms with Crippen molar-refractivity contribution in [2.45, 2.75) is 63.8 Å². The van der Waals surface area contributed by atoms with Crippen molar-refractivity contribution >= 4 is 0 Å². The summed E-state index contributed by atoms with van der Waals surface area (Å²) in [5, 5.41) is 13.2. The maximum Gasteiger partial charge on any atom is 0.232 e. The molecule has 4 aliphatic carbocycles. The van der Waals surface area contributed by atoms with Gasteiger partial charge in [-0.15, -0.1) is 0 Å². The number of aromatic nitrogens is 2. The fourth-order valence-electron chi connectivity index (χ4n) is 6.37. The Bertz CT molecular complexity index is 552. The molecule has 4 fully saturated rings. The quantitative estimate of drug-likeness (QED) is 0.892. The number of nitrogens with zero attached hydrogens (tertiary/aromatic N) is 2. The van der Waals surface area contributed by atoms with E-state index in [1.165, 1.54) is 25.7 Å². The highest BCUT2D eigenvalue weighted by atomic mass is 16.5. The summed E-state index contributed by atoms with van der Waals surface area (Å²) < 4.78 is 5.61. The van der Waals surface area contributed by atoms with E-state index in [4.69, 9.17) is 15.4 Å². The van der Waals surface area contributed by atoms with E-state index in [0.29, 0.717) is 16.7 Å². The van der Waals surface area contributed by atoms with E-state index in [9.17, 15) is 0 Å². The Labute approximate surface area is 125 Å². The van der Waals surface area contributed by atoms with Crippen LogP contribution < -0.4 is 5.73 Å². The van der Waals surface area contributed by atoms with Gasteiger partial charge in [-0.2, -0.15) is 4.98 Å². The first-order chi connectivity index (χ1) is 9.85. The molecule has 4 aliphatic rings. The minimum Gasteiger partial charge on any atom is -0.394 e. The number of hydrogen-bond acceptors (Lipinski definition) is 5. The molecular formula is C16H25N3O2. The van der Waals surface area contributed by atoms with Gasteiger partial charge in [-0.05, 0) is 55.3 Å². The first kappa shape index (κ1) is 13.7. The van der Waals surface area contributed by atoms with E-state index in [-0.39, 0.29) is 12.0 Å². The Balaban J connectivity index is 1.72. The standard InChI is InChI=1S/C16H25N3O2/c1-14-3-10-4-15(2,7-14)9-16(5-10,8-14)13-18-12(19-21-13)11(17)6-20/h10-11,20H,3-9,17H2,1-2H3. The summed E-state index contributed by atoms with van der Waals surface area (Å²) in [6.07, 6.45) is 7.51. The van der Waals surface area contributed by atoms with Crippen LogP contribution >= 0.6 is 0 Å². The molecule has 116 valence electrons. The third kappa shape index (κ3) is 1.97. The van der Waals surface area contributed by atoms with Crippen molar-refractivity contribution in [3.8, 4) is 0 Å². The summed E-state index contributed by atoms with van der Waals surface area (Å²) in [6, 6.07) is -0.539. The molecule has 5 rings (SSSR count). The predicted molar refractivity (Wildman–Crippen MR) is 77.4 cm³/mol. The molecule has 0 spiro atoms. The normalized spacial score (nSPS) is 46.0. The topological polar surface area (TPSA) is 85.2 Å². The second-order valence-electron chi connectivity index (χ2n) is 8.66. The second-order valence-corrected chi connectivity index (χ2v) is 8.66. The summed E-state index contributed by atoms with van der Waals surface area (Å²) in [5.41, 5.74) is 6.70. The number of aliphatic hydroxyl groups is 1. The molecular weight excluding hydrogens is 266 g/mol. The molecule has 3 N–H and O–H groups in total. The molecule has 0 radical (unpaired) electrons. The monoisotopic (exact) mass is 291 g/mol. The second kappa shape index (κ2) is 4.07. The highest BCUT2D eigenvalue weighted by molar-refractivity contribution is 5.20. The van der Waals surface area contributed by atoms with Crippen LogP contribution in [0, 0.1) is 16.7 Å². The van der Waals surface area contributed by atoms with Gasteiger partial charge in [-0.1, -0.05) is 19.0 Å². The van der Waals surface area contributed by atoms with Crippen molar-refractivity contribution in [2.75, 3.05) is 6.61 Å². The minimum atomic E-state index is -0.539. The lowest BCUT2D eigenvalue weighted by atomic mass is 9.40. The van der Waals surface area contributed by atoms with Crippen molar-refractivity contribution in [3.63, 3.8) is 0 Å².